The fourth-order valence-electron chi connectivity index (χ4n) is 2.32. The molecule has 0 aliphatic carbocycles. The van der Waals surface area contributed by atoms with E-state index in [2.05, 4.69) is 89.5 Å². The number of halogens is 1. The third-order valence-corrected chi connectivity index (χ3v) is 4.09. The Hall–Kier alpha value is -1.28. The van der Waals surface area contributed by atoms with Gasteiger partial charge < -0.3 is 0 Å². The SMILES string of the molecule is CCCC/C(Br)=C/B(c1ccccc1)c1ccccc1. The van der Waals surface area contributed by atoms with Crippen molar-refractivity contribution in [2.75, 3.05) is 0 Å². The second kappa shape index (κ2) is 8.11. The van der Waals surface area contributed by atoms with Crippen molar-refractivity contribution in [2.24, 2.45) is 0 Å². The van der Waals surface area contributed by atoms with Crippen LogP contribution in [0, 0.1) is 0 Å². The van der Waals surface area contributed by atoms with Gasteiger partial charge in [-0.25, -0.2) is 0 Å². The Morgan fingerprint density at radius 1 is 0.950 bits per heavy atom. The van der Waals surface area contributed by atoms with Crippen LogP contribution >= 0.6 is 15.9 Å². The lowest BCUT2D eigenvalue weighted by atomic mass is 9.40. The minimum absolute atomic E-state index is 0.323. The molecule has 0 aliphatic rings. The summed E-state index contributed by atoms with van der Waals surface area (Å²) >= 11 is 3.74. The molecule has 0 aliphatic heterocycles. The highest BCUT2D eigenvalue weighted by Crippen LogP contribution is 2.14. The predicted octanol–water partition coefficient (Wildman–Crippen LogP) is 4.30. The van der Waals surface area contributed by atoms with Crippen LogP contribution in [-0.4, -0.2) is 6.71 Å². The molecule has 0 amide bonds. The summed E-state index contributed by atoms with van der Waals surface area (Å²) in [4.78, 5) is 0. The number of benzene rings is 2. The van der Waals surface area contributed by atoms with E-state index < -0.39 is 0 Å². The monoisotopic (exact) mass is 326 g/mol. The van der Waals surface area contributed by atoms with Crippen LogP contribution in [0.25, 0.3) is 0 Å². The molecular weight excluding hydrogens is 307 g/mol. The summed E-state index contributed by atoms with van der Waals surface area (Å²) < 4.78 is 1.30. The highest BCUT2D eigenvalue weighted by molar-refractivity contribution is 9.11. The summed E-state index contributed by atoms with van der Waals surface area (Å²) in [6, 6.07) is 21.4. The third-order valence-electron chi connectivity index (χ3n) is 3.43. The summed E-state index contributed by atoms with van der Waals surface area (Å²) in [5.74, 6) is 2.35. The molecule has 102 valence electrons. The van der Waals surface area contributed by atoms with E-state index in [0.29, 0.717) is 6.71 Å². The molecule has 0 aromatic heterocycles. The third kappa shape index (κ3) is 4.38. The van der Waals surface area contributed by atoms with Gasteiger partial charge in [-0.05, 0) is 17.3 Å². The molecule has 0 saturated heterocycles. The number of hydrogen-bond acceptors (Lipinski definition) is 0. The van der Waals surface area contributed by atoms with Gasteiger partial charge in [-0.1, -0.05) is 107 Å². The number of unbranched alkanes of at least 4 members (excludes halogenated alkanes) is 1. The van der Waals surface area contributed by atoms with E-state index in [9.17, 15) is 0 Å². The van der Waals surface area contributed by atoms with Gasteiger partial charge in [0, 0.05) is 0 Å². The minimum Gasteiger partial charge on any atom is -0.0952 e. The first kappa shape index (κ1) is 15.1. The van der Waals surface area contributed by atoms with Gasteiger partial charge in [0.1, 0.15) is 0 Å². The van der Waals surface area contributed by atoms with Crippen LogP contribution in [-0.2, 0) is 0 Å². The van der Waals surface area contributed by atoms with E-state index in [0.717, 1.165) is 6.42 Å². The zero-order valence-corrected chi connectivity index (χ0v) is 13.5. The number of rotatable bonds is 6. The Kier molecular flexibility index (Phi) is 6.13. The smallest absolute Gasteiger partial charge is 0.0952 e. The quantitative estimate of drug-likeness (QED) is 0.694. The Morgan fingerprint density at radius 3 is 1.90 bits per heavy atom. The van der Waals surface area contributed by atoms with Crippen LogP contribution in [0.3, 0.4) is 0 Å². The summed E-state index contributed by atoms with van der Waals surface area (Å²) in [6.07, 6.45) is 3.57. The lowest BCUT2D eigenvalue weighted by Crippen LogP contribution is -2.40. The highest BCUT2D eigenvalue weighted by Gasteiger charge is 2.16. The van der Waals surface area contributed by atoms with E-state index in [4.69, 9.17) is 0 Å². The van der Waals surface area contributed by atoms with Crippen LogP contribution in [0.4, 0.5) is 0 Å². The van der Waals surface area contributed by atoms with Crippen molar-refractivity contribution < 1.29 is 0 Å². The summed E-state index contributed by atoms with van der Waals surface area (Å²) in [7, 11) is 0. The molecule has 20 heavy (non-hydrogen) atoms. The summed E-state index contributed by atoms with van der Waals surface area (Å²) in [5.41, 5.74) is 2.68. The highest BCUT2D eigenvalue weighted by atomic mass is 79.9. The lowest BCUT2D eigenvalue weighted by molar-refractivity contribution is 0.811. The largest absolute Gasteiger partial charge is 0.234 e. The van der Waals surface area contributed by atoms with E-state index >= 15 is 0 Å². The van der Waals surface area contributed by atoms with Gasteiger partial charge in [0.2, 0.25) is 6.71 Å². The minimum atomic E-state index is 0.323. The molecule has 2 aromatic rings. The van der Waals surface area contributed by atoms with Gasteiger partial charge in [-0.2, -0.15) is 0 Å². The molecule has 0 atom stereocenters. The van der Waals surface area contributed by atoms with Crippen LogP contribution in [0.1, 0.15) is 26.2 Å². The maximum absolute atomic E-state index is 3.74. The average molecular weight is 327 g/mol. The molecule has 0 heterocycles. The first-order chi connectivity index (χ1) is 9.81. The van der Waals surface area contributed by atoms with Crippen molar-refractivity contribution >= 4 is 33.6 Å². The Balaban J connectivity index is 2.30. The molecule has 0 bridgehead atoms. The first-order valence-electron chi connectivity index (χ1n) is 7.27. The second-order valence-corrected chi connectivity index (χ2v) is 6.03. The maximum atomic E-state index is 3.74. The van der Waals surface area contributed by atoms with Crippen molar-refractivity contribution in [2.45, 2.75) is 26.2 Å². The summed E-state index contributed by atoms with van der Waals surface area (Å²) in [6.45, 7) is 2.55. The maximum Gasteiger partial charge on any atom is 0.234 e. The van der Waals surface area contributed by atoms with Crippen LogP contribution in [0.15, 0.2) is 71.1 Å². The normalized spacial score (nSPS) is 11.4. The lowest BCUT2D eigenvalue weighted by Gasteiger charge is -2.11. The molecule has 0 N–H and O–H groups in total. The standard InChI is InChI=1S/C18H20BBr/c1-2-3-14-18(20)15-19(16-10-6-4-7-11-16)17-12-8-5-9-13-17/h4-13,15H,2-3,14H2,1H3/b18-15-. The van der Waals surface area contributed by atoms with Crippen molar-refractivity contribution in [3.63, 3.8) is 0 Å². The Morgan fingerprint density at radius 2 is 1.45 bits per heavy atom. The van der Waals surface area contributed by atoms with Gasteiger partial charge in [0.25, 0.3) is 0 Å². The molecule has 0 fully saturated rings. The second-order valence-electron chi connectivity index (χ2n) is 5.02. The van der Waals surface area contributed by atoms with Gasteiger partial charge in [0.05, 0.1) is 0 Å². The zero-order chi connectivity index (χ0) is 14.2. The molecule has 0 unspecified atom stereocenters. The zero-order valence-electron chi connectivity index (χ0n) is 11.9. The van der Waals surface area contributed by atoms with E-state index in [1.54, 1.807) is 0 Å². The van der Waals surface area contributed by atoms with E-state index in [1.165, 1.54) is 28.2 Å². The van der Waals surface area contributed by atoms with Crippen molar-refractivity contribution in [3.05, 3.63) is 71.1 Å². The number of hydrogen-bond donors (Lipinski definition) is 0. The average Bonchev–Trinajstić information content (AvgIpc) is 2.52. The molecule has 0 nitrogen and oxygen atoms in total. The van der Waals surface area contributed by atoms with E-state index in [-0.39, 0.29) is 0 Å². The Labute approximate surface area is 131 Å². The first-order valence-corrected chi connectivity index (χ1v) is 8.06. The Bertz CT molecular complexity index is 494. The van der Waals surface area contributed by atoms with E-state index in [1.807, 2.05) is 0 Å². The molecule has 0 spiro atoms. The van der Waals surface area contributed by atoms with Crippen molar-refractivity contribution in [1.29, 1.82) is 0 Å². The van der Waals surface area contributed by atoms with Crippen LogP contribution in [0.2, 0.25) is 0 Å². The van der Waals surface area contributed by atoms with Gasteiger partial charge in [-0.3, -0.25) is 0 Å². The predicted molar refractivity (Wildman–Crippen MR) is 94.4 cm³/mol. The molecule has 2 rings (SSSR count). The molecule has 2 aromatic carbocycles. The van der Waals surface area contributed by atoms with Gasteiger partial charge in [-0.15, -0.1) is 0 Å². The molecule has 2 heteroatoms. The van der Waals surface area contributed by atoms with Crippen molar-refractivity contribution in [3.8, 4) is 0 Å². The van der Waals surface area contributed by atoms with Gasteiger partial charge >= 0.3 is 0 Å². The molecule has 0 radical (unpaired) electrons. The fourth-order valence-corrected chi connectivity index (χ4v) is 2.86. The molecular formula is C18H20BBr. The number of allylic oxidation sites excluding steroid dienone is 1. The fraction of sp³-hybridized carbons (Fsp3) is 0.222. The summed E-state index contributed by atoms with van der Waals surface area (Å²) in [5, 5.41) is 0. The van der Waals surface area contributed by atoms with Gasteiger partial charge in [0.15, 0.2) is 0 Å². The van der Waals surface area contributed by atoms with Crippen LogP contribution in [0.5, 0.6) is 0 Å². The van der Waals surface area contributed by atoms with Crippen molar-refractivity contribution in [1.82, 2.24) is 0 Å². The topological polar surface area (TPSA) is 0 Å². The van der Waals surface area contributed by atoms with Crippen LogP contribution < -0.4 is 10.9 Å². The molecule has 0 saturated carbocycles.